The molecular formula is C20H19F3N2O2S. The lowest BCUT2D eigenvalue weighted by Crippen LogP contribution is -2.38. The molecule has 28 heavy (non-hydrogen) atoms. The largest absolute Gasteiger partial charge is 0.416 e. The molecule has 0 saturated carbocycles. The van der Waals surface area contributed by atoms with Crippen LogP contribution in [-0.4, -0.2) is 30.8 Å². The molecule has 0 spiro atoms. The number of hydrogen-bond donors (Lipinski definition) is 1. The number of fused-ring (bicyclic) bond motifs is 1. The fraction of sp³-hybridized carbons (Fsp3) is 0.300. The molecule has 0 aliphatic carbocycles. The number of hydrogen-bond acceptors (Lipinski definition) is 2. The van der Waals surface area contributed by atoms with Gasteiger partial charge >= 0.3 is 6.18 Å². The van der Waals surface area contributed by atoms with Crippen molar-refractivity contribution in [3.05, 3.63) is 65.9 Å². The van der Waals surface area contributed by atoms with Crippen molar-refractivity contribution in [2.24, 2.45) is 0 Å². The van der Waals surface area contributed by atoms with Crippen LogP contribution in [0.1, 0.15) is 29.9 Å². The Hall–Kier alpha value is -2.32. The van der Waals surface area contributed by atoms with Crippen molar-refractivity contribution < 1.29 is 21.6 Å². The van der Waals surface area contributed by atoms with Crippen LogP contribution < -0.4 is 0 Å². The van der Waals surface area contributed by atoms with E-state index in [9.17, 15) is 21.6 Å². The Kier molecular flexibility index (Phi) is 4.71. The zero-order chi connectivity index (χ0) is 19.9. The summed E-state index contributed by atoms with van der Waals surface area (Å²) in [5.41, 5.74) is 1.24. The van der Waals surface area contributed by atoms with Gasteiger partial charge in [0, 0.05) is 30.2 Å². The van der Waals surface area contributed by atoms with E-state index in [0.717, 1.165) is 28.6 Å². The van der Waals surface area contributed by atoms with Gasteiger partial charge in [-0.25, -0.2) is 8.42 Å². The number of benzene rings is 2. The molecule has 1 N–H and O–H groups in total. The highest BCUT2D eigenvalue weighted by Gasteiger charge is 2.34. The van der Waals surface area contributed by atoms with Crippen molar-refractivity contribution in [2.45, 2.75) is 29.8 Å². The van der Waals surface area contributed by atoms with Gasteiger partial charge in [-0.1, -0.05) is 24.3 Å². The molecular weight excluding hydrogens is 389 g/mol. The first-order valence-corrected chi connectivity index (χ1v) is 10.4. The predicted octanol–water partition coefficient (Wildman–Crippen LogP) is 4.76. The Balaban J connectivity index is 1.53. The zero-order valence-corrected chi connectivity index (χ0v) is 15.7. The zero-order valence-electron chi connectivity index (χ0n) is 14.9. The van der Waals surface area contributed by atoms with Crippen molar-refractivity contribution >= 4 is 20.9 Å². The maximum Gasteiger partial charge on any atom is 0.416 e. The molecule has 3 aromatic rings. The first-order valence-electron chi connectivity index (χ1n) is 9.00. The molecule has 1 fully saturated rings. The number of piperidine rings is 1. The summed E-state index contributed by atoms with van der Waals surface area (Å²) < 4.78 is 65.7. The Morgan fingerprint density at radius 1 is 1.00 bits per heavy atom. The van der Waals surface area contributed by atoms with Crippen LogP contribution in [0, 0.1) is 0 Å². The normalized spacial score (nSPS) is 17.2. The Morgan fingerprint density at radius 2 is 1.71 bits per heavy atom. The van der Waals surface area contributed by atoms with Gasteiger partial charge in [-0.05, 0) is 48.6 Å². The molecule has 0 radical (unpaired) electrons. The third kappa shape index (κ3) is 3.42. The van der Waals surface area contributed by atoms with Crippen molar-refractivity contribution in [1.29, 1.82) is 0 Å². The maximum atomic E-state index is 12.9. The van der Waals surface area contributed by atoms with Gasteiger partial charge in [-0.15, -0.1) is 0 Å². The van der Waals surface area contributed by atoms with Crippen molar-refractivity contribution in [1.82, 2.24) is 9.29 Å². The molecule has 1 aliphatic rings. The molecule has 1 aromatic heterocycles. The third-order valence-corrected chi connectivity index (χ3v) is 7.21. The lowest BCUT2D eigenvalue weighted by atomic mass is 9.90. The van der Waals surface area contributed by atoms with Crippen molar-refractivity contribution in [3.8, 4) is 0 Å². The molecule has 2 aromatic carbocycles. The minimum atomic E-state index is -4.58. The molecule has 2 heterocycles. The predicted molar refractivity (Wildman–Crippen MR) is 100 cm³/mol. The summed E-state index contributed by atoms with van der Waals surface area (Å²) in [5, 5.41) is 1.13. The first kappa shape index (κ1) is 19.0. The molecule has 1 saturated heterocycles. The number of aromatic amines is 1. The van der Waals surface area contributed by atoms with Crippen LogP contribution in [0.4, 0.5) is 13.2 Å². The van der Waals surface area contributed by atoms with Gasteiger partial charge in [0.15, 0.2) is 0 Å². The van der Waals surface area contributed by atoms with E-state index in [1.165, 1.54) is 10.4 Å². The van der Waals surface area contributed by atoms with Gasteiger partial charge in [-0.3, -0.25) is 0 Å². The first-order chi connectivity index (χ1) is 13.3. The number of nitrogens with zero attached hydrogens (tertiary/aromatic N) is 1. The molecule has 0 unspecified atom stereocenters. The minimum absolute atomic E-state index is 0.212. The topological polar surface area (TPSA) is 53.2 Å². The van der Waals surface area contributed by atoms with E-state index in [0.29, 0.717) is 18.9 Å². The molecule has 148 valence electrons. The van der Waals surface area contributed by atoms with E-state index in [2.05, 4.69) is 4.98 Å². The third-order valence-electron chi connectivity index (χ3n) is 5.31. The summed E-state index contributed by atoms with van der Waals surface area (Å²) in [6.07, 6.45) is -1.36. The maximum absolute atomic E-state index is 12.9. The van der Waals surface area contributed by atoms with Crippen LogP contribution in [0.2, 0.25) is 0 Å². The minimum Gasteiger partial charge on any atom is -0.361 e. The van der Waals surface area contributed by atoms with Gasteiger partial charge in [0.25, 0.3) is 0 Å². The molecule has 0 bridgehead atoms. The molecule has 4 rings (SSSR count). The summed E-state index contributed by atoms with van der Waals surface area (Å²) in [7, 11) is -3.95. The van der Waals surface area contributed by atoms with Gasteiger partial charge < -0.3 is 4.98 Å². The molecule has 4 nitrogen and oxygen atoms in total. The standard InChI is InChI=1S/C20H19F3N2O2S/c21-20(22,23)15-4-3-5-16(12-15)28(26,27)25-10-8-14(9-11-25)18-13-24-19-7-2-1-6-17(18)19/h1-7,12-14,24H,8-11H2. The summed E-state index contributed by atoms with van der Waals surface area (Å²) in [5.74, 6) is 0.212. The number of rotatable bonds is 3. The van der Waals surface area contributed by atoms with E-state index in [-0.39, 0.29) is 23.9 Å². The average Bonchev–Trinajstić information content (AvgIpc) is 3.12. The highest BCUT2D eigenvalue weighted by atomic mass is 32.2. The van der Waals surface area contributed by atoms with Gasteiger partial charge in [0.2, 0.25) is 10.0 Å². The number of nitrogens with one attached hydrogen (secondary N) is 1. The SMILES string of the molecule is O=S(=O)(c1cccc(C(F)(F)F)c1)N1CCC(c2c[nH]c3ccccc23)CC1. The number of halogens is 3. The van der Waals surface area contributed by atoms with Crippen LogP contribution >= 0.6 is 0 Å². The lowest BCUT2D eigenvalue weighted by Gasteiger charge is -2.31. The van der Waals surface area contributed by atoms with Crippen LogP contribution in [0.3, 0.4) is 0 Å². The monoisotopic (exact) mass is 408 g/mol. The van der Waals surface area contributed by atoms with E-state index >= 15 is 0 Å². The summed E-state index contributed by atoms with van der Waals surface area (Å²) >= 11 is 0. The average molecular weight is 408 g/mol. The van der Waals surface area contributed by atoms with Gasteiger partial charge in [0.05, 0.1) is 10.5 Å². The van der Waals surface area contributed by atoms with Crippen LogP contribution in [-0.2, 0) is 16.2 Å². The Morgan fingerprint density at radius 3 is 2.43 bits per heavy atom. The number of para-hydroxylation sites is 1. The van der Waals surface area contributed by atoms with E-state index in [1.54, 1.807) is 0 Å². The van der Waals surface area contributed by atoms with Crippen LogP contribution in [0.5, 0.6) is 0 Å². The van der Waals surface area contributed by atoms with Crippen LogP contribution in [0.25, 0.3) is 10.9 Å². The second-order valence-corrected chi connectivity index (χ2v) is 8.93. The fourth-order valence-electron chi connectivity index (χ4n) is 3.82. The molecule has 0 amide bonds. The van der Waals surface area contributed by atoms with Gasteiger partial charge in [0.1, 0.15) is 0 Å². The summed E-state index contributed by atoms with van der Waals surface area (Å²) in [6, 6.07) is 11.9. The van der Waals surface area contributed by atoms with E-state index < -0.39 is 21.8 Å². The number of aromatic nitrogens is 1. The number of sulfonamides is 1. The van der Waals surface area contributed by atoms with Crippen molar-refractivity contribution in [3.63, 3.8) is 0 Å². The van der Waals surface area contributed by atoms with Crippen LogP contribution in [0.15, 0.2) is 59.6 Å². The van der Waals surface area contributed by atoms with E-state index in [4.69, 9.17) is 0 Å². The summed E-state index contributed by atoms with van der Waals surface area (Å²) in [4.78, 5) is 2.92. The smallest absolute Gasteiger partial charge is 0.361 e. The van der Waals surface area contributed by atoms with Crippen molar-refractivity contribution in [2.75, 3.05) is 13.1 Å². The number of alkyl halides is 3. The number of H-pyrrole nitrogens is 1. The summed E-state index contributed by atoms with van der Waals surface area (Å²) in [6.45, 7) is 0.561. The molecule has 8 heteroatoms. The van der Waals surface area contributed by atoms with Gasteiger partial charge in [-0.2, -0.15) is 17.5 Å². The Labute approximate surface area is 161 Å². The quantitative estimate of drug-likeness (QED) is 0.680. The molecule has 1 aliphatic heterocycles. The van der Waals surface area contributed by atoms with E-state index in [1.807, 2.05) is 30.5 Å². The fourth-order valence-corrected chi connectivity index (χ4v) is 5.34. The second-order valence-electron chi connectivity index (χ2n) is 6.99. The highest BCUT2D eigenvalue weighted by Crippen LogP contribution is 2.35. The lowest BCUT2D eigenvalue weighted by molar-refractivity contribution is -0.137. The molecule has 0 atom stereocenters. The second kappa shape index (κ2) is 6.93. The Bertz CT molecular complexity index is 1100. The highest BCUT2D eigenvalue weighted by molar-refractivity contribution is 7.89.